The van der Waals surface area contributed by atoms with Crippen molar-refractivity contribution in [2.24, 2.45) is 0 Å². The molecule has 3 nitrogen and oxygen atoms in total. The molecule has 1 radical (unpaired) electrons. The van der Waals surface area contributed by atoms with Crippen LogP contribution in [0.3, 0.4) is 0 Å². The van der Waals surface area contributed by atoms with E-state index in [2.05, 4.69) is 16.9 Å². The third-order valence-corrected chi connectivity index (χ3v) is 1.91. The van der Waals surface area contributed by atoms with Crippen molar-refractivity contribution in [3.63, 3.8) is 0 Å². The van der Waals surface area contributed by atoms with Crippen LogP contribution in [0.25, 0.3) is 0 Å². The second-order valence-corrected chi connectivity index (χ2v) is 2.76. The van der Waals surface area contributed by atoms with Crippen LogP contribution in [0.15, 0.2) is 30.1 Å². The highest BCUT2D eigenvalue weighted by atomic mass is 16.7. The fourth-order valence-corrected chi connectivity index (χ4v) is 1.26. The quantitative estimate of drug-likeness (QED) is 0.595. The van der Waals surface area contributed by atoms with Crippen LogP contribution in [-0.2, 0) is 4.84 Å². The van der Waals surface area contributed by atoms with Gasteiger partial charge in [0.1, 0.15) is 0 Å². The Morgan fingerprint density at radius 2 is 2.58 bits per heavy atom. The van der Waals surface area contributed by atoms with Gasteiger partial charge in [0.15, 0.2) is 0 Å². The van der Waals surface area contributed by atoms with Crippen LogP contribution in [-0.4, -0.2) is 12.6 Å². The Labute approximate surface area is 71.7 Å². The molecule has 2 N–H and O–H groups in total. The summed E-state index contributed by atoms with van der Waals surface area (Å²) in [6.07, 6.45) is 11.7. The van der Waals surface area contributed by atoms with E-state index in [1.165, 1.54) is 5.57 Å². The largest absolute Gasteiger partial charge is 0.367 e. The Balaban J connectivity index is 2.06. The maximum Gasteiger partial charge on any atom is 0.0701 e. The lowest BCUT2D eigenvalue weighted by Crippen LogP contribution is -2.22. The van der Waals surface area contributed by atoms with Gasteiger partial charge in [0.2, 0.25) is 0 Å². The average Bonchev–Trinajstić information content (AvgIpc) is 2.48. The van der Waals surface area contributed by atoms with Gasteiger partial charge in [-0.3, -0.25) is 0 Å². The summed E-state index contributed by atoms with van der Waals surface area (Å²) in [6, 6.07) is 0.310. The van der Waals surface area contributed by atoms with E-state index in [4.69, 9.17) is 4.84 Å². The molecule has 2 aliphatic rings. The van der Waals surface area contributed by atoms with Gasteiger partial charge in [-0.2, -0.15) is 5.48 Å². The lowest BCUT2D eigenvalue weighted by atomic mass is 10.1. The first-order chi connectivity index (χ1) is 5.97. The molecule has 0 saturated carbocycles. The number of rotatable bonds is 1. The van der Waals surface area contributed by atoms with E-state index in [-0.39, 0.29) is 0 Å². The summed E-state index contributed by atoms with van der Waals surface area (Å²) in [5.41, 5.74) is 4.12. The van der Waals surface area contributed by atoms with Crippen LogP contribution in [0.2, 0.25) is 0 Å². The maximum atomic E-state index is 5.06. The smallest absolute Gasteiger partial charge is 0.0701 e. The molecule has 2 rings (SSSR count). The minimum Gasteiger partial charge on any atom is -0.367 e. The summed E-state index contributed by atoms with van der Waals surface area (Å²) in [5.74, 6) is 0. The Bertz CT molecular complexity index is 237. The molecule has 0 bridgehead atoms. The van der Waals surface area contributed by atoms with Crippen molar-refractivity contribution in [3.05, 3.63) is 36.2 Å². The van der Waals surface area contributed by atoms with E-state index in [9.17, 15) is 0 Å². The fourth-order valence-electron chi connectivity index (χ4n) is 1.26. The van der Waals surface area contributed by atoms with E-state index in [1.54, 1.807) is 0 Å². The van der Waals surface area contributed by atoms with Crippen molar-refractivity contribution >= 4 is 0 Å². The van der Waals surface area contributed by atoms with Gasteiger partial charge in [-0.1, -0.05) is 0 Å². The van der Waals surface area contributed by atoms with Crippen LogP contribution in [0, 0.1) is 6.08 Å². The van der Waals surface area contributed by atoms with Gasteiger partial charge in [-0.25, -0.2) is 0 Å². The average molecular weight is 163 g/mol. The molecule has 1 saturated heterocycles. The highest BCUT2D eigenvalue weighted by molar-refractivity contribution is 5.27. The summed E-state index contributed by atoms with van der Waals surface area (Å²) in [5, 5.41) is 3.04. The second-order valence-electron chi connectivity index (χ2n) is 2.76. The van der Waals surface area contributed by atoms with Gasteiger partial charge in [0, 0.05) is 12.4 Å². The standard InChI is InChI=1S/C9H11N2O/c1-2-5-10-7-8(3-1)9-4-6-12-11-9/h2-3,5,7,9-11H,4,6H2. The summed E-state index contributed by atoms with van der Waals surface area (Å²) < 4.78 is 0. The van der Waals surface area contributed by atoms with Gasteiger partial charge in [0.05, 0.1) is 12.6 Å². The van der Waals surface area contributed by atoms with Crippen molar-refractivity contribution in [1.29, 1.82) is 0 Å². The third kappa shape index (κ3) is 1.57. The number of hydroxylamine groups is 1. The summed E-state index contributed by atoms with van der Waals surface area (Å²) >= 11 is 0. The molecule has 2 aliphatic heterocycles. The zero-order chi connectivity index (χ0) is 8.23. The molecule has 0 aromatic carbocycles. The number of nitrogens with one attached hydrogen (secondary N) is 2. The van der Waals surface area contributed by atoms with E-state index >= 15 is 0 Å². The zero-order valence-corrected chi connectivity index (χ0v) is 6.71. The Morgan fingerprint density at radius 1 is 1.58 bits per heavy atom. The Morgan fingerprint density at radius 3 is 3.42 bits per heavy atom. The van der Waals surface area contributed by atoms with Crippen LogP contribution in [0.4, 0.5) is 0 Å². The molecule has 63 valence electrons. The summed E-state index contributed by atoms with van der Waals surface area (Å²) in [7, 11) is 0. The highest BCUT2D eigenvalue weighted by Gasteiger charge is 2.17. The minimum absolute atomic E-state index is 0.310. The molecule has 12 heavy (non-hydrogen) atoms. The molecule has 3 heteroatoms. The van der Waals surface area contributed by atoms with Gasteiger partial charge < -0.3 is 10.2 Å². The molecule has 1 atom stereocenters. The normalized spacial score (nSPS) is 28.0. The molecule has 1 unspecified atom stereocenters. The van der Waals surface area contributed by atoms with Gasteiger partial charge >= 0.3 is 0 Å². The van der Waals surface area contributed by atoms with E-state index in [1.807, 2.05) is 24.6 Å². The molecular weight excluding hydrogens is 152 g/mol. The van der Waals surface area contributed by atoms with Gasteiger partial charge in [-0.05, 0) is 30.2 Å². The molecule has 2 heterocycles. The highest BCUT2D eigenvalue weighted by Crippen LogP contribution is 2.13. The Kier molecular flexibility index (Phi) is 2.25. The summed E-state index contributed by atoms with van der Waals surface area (Å²) in [4.78, 5) is 5.06. The molecule has 0 aliphatic carbocycles. The van der Waals surface area contributed by atoms with Crippen molar-refractivity contribution in [3.8, 4) is 0 Å². The Hall–Kier alpha value is -1.06. The molecule has 1 fully saturated rings. The number of hydrogen-bond donors (Lipinski definition) is 2. The SMILES string of the molecule is [C]1=CC(C2CCON2)=CNC=C1. The van der Waals surface area contributed by atoms with Crippen LogP contribution in [0.5, 0.6) is 0 Å². The fraction of sp³-hybridized carbons (Fsp3) is 0.333. The van der Waals surface area contributed by atoms with Gasteiger partial charge in [-0.15, -0.1) is 0 Å². The first-order valence-electron chi connectivity index (χ1n) is 4.04. The van der Waals surface area contributed by atoms with Crippen molar-refractivity contribution in [1.82, 2.24) is 10.8 Å². The van der Waals surface area contributed by atoms with Crippen LogP contribution in [0.1, 0.15) is 6.42 Å². The predicted octanol–water partition coefficient (Wildman–Crippen LogP) is 0.640. The van der Waals surface area contributed by atoms with E-state index in [0.717, 1.165) is 13.0 Å². The van der Waals surface area contributed by atoms with Crippen molar-refractivity contribution < 1.29 is 4.84 Å². The van der Waals surface area contributed by atoms with Crippen LogP contribution >= 0.6 is 0 Å². The molecular formula is C9H11N2O. The first kappa shape index (κ1) is 7.58. The summed E-state index contributed by atoms with van der Waals surface area (Å²) in [6.45, 7) is 0.781. The van der Waals surface area contributed by atoms with Gasteiger partial charge in [0.25, 0.3) is 0 Å². The van der Waals surface area contributed by atoms with Crippen molar-refractivity contribution in [2.45, 2.75) is 12.5 Å². The third-order valence-electron chi connectivity index (χ3n) is 1.91. The predicted molar refractivity (Wildman–Crippen MR) is 45.7 cm³/mol. The second kappa shape index (κ2) is 3.56. The zero-order valence-electron chi connectivity index (χ0n) is 6.71. The number of allylic oxidation sites excluding steroid dienone is 2. The first-order valence-corrected chi connectivity index (χ1v) is 4.04. The van der Waals surface area contributed by atoms with E-state index < -0.39 is 0 Å². The molecule has 0 aromatic heterocycles. The molecule has 0 aromatic rings. The topological polar surface area (TPSA) is 33.3 Å². The van der Waals surface area contributed by atoms with E-state index in [0.29, 0.717) is 6.04 Å². The monoisotopic (exact) mass is 163 g/mol. The van der Waals surface area contributed by atoms with Crippen molar-refractivity contribution in [2.75, 3.05) is 6.61 Å². The molecule has 0 spiro atoms. The minimum atomic E-state index is 0.310. The van der Waals surface area contributed by atoms with Crippen LogP contribution < -0.4 is 10.8 Å². The maximum absolute atomic E-state index is 5.06. The molecule has 0 amide bonds. The lowest BCUT2D eigenvalue weighted by Gasteiger charge is -2.08. The lowest BCUT2D eigenvalue weighted by molar-refractivity contribution is 0.0933. The number of hydrogen-bond acceptors (Lipinski definition) is 3.